The second kappa shape index (κ2) is 16.4. The summed E-state index contributed by atoms with van der Waals surface area (Å²) in [7, 11) is 2.43. The topological polar surface area (TPSA) is 186 Å². The Hall–Kier alpha value is -4.88. The van der Waals surface area contributed by atoms with Gasteiger partial charge in [-0.15, -0.1) is 0 Å². The number of hydrogen-bond acceptors (Lipinski definition) is 13. The van der Waals surface area contributed by atoms with Crippen LogP contribution in [0.4, 0.5) is 26.3 Å². The van der Waals surface area contributed by atoms with E-state index < -0.39 is 43.5 Å². The van der Waals surface area contributed by atoms with Crippen molar-refractivity contribution in [1.82, 2.24) is 29.9 Å². The minimum atomic E-state index is -4.47. The van der Waals surface area contributed by atoms with Crippen molar-refractivity contribution in [2.24, 2.45) is 0 Å². The number of aromatic carboxylic acids is 1. The van der Waals surface area contributed by atoms with Gasteiger partial charge in [-0.05, 0) is 0 Å². The van der Waals surface area contributed by atoms with E-state index in [4.69, 9.17) is 16.7 Å². The highest BCUT2D eigenvalue weighted by Crippen LogP contribution is 2.17. The number of carboxylic acid groups (broad SMARTS) is 1. The van der Waals surface area contributed by atoms with Crippen LogP contribution in [0, 0.1) is 0 Å². The third-order valence-electron chi connectivity index (χ3n) is 3.65. The highest BCUT2D eigenvalue weighted by molar-refractivity contribution is 6.29. The summed E-state index contributed by atoms with van der Waals surface area (Å²) in [6, 6.07) is 0. The number of rotatable bonds is 7. The standard InChI is InChI=1S/C8H7F3N2O3.C7H5F3N2O3.C6H5ClN2O2/c1-15-7(14)5-2-13-6(3-12-5)16-4-8(9,10)11;8-7(9,10)3-15-5-2-11-4(1-12-5)6(13)14;1-11-6(10)4-2-9-5(7)3-8-4/h2-3H,4H2,1H3;1-2H,3H2,(H,13,14);2-3H,1H3. The van der Waals surface area contributed by atoms with E-state index in [0.29, 0.717) is 0 Å². The van der Waals surface area contributed by atoms with Gasteiger partial charge in [-0.3, -0.25) is 0 Å². The molecule has 0 saturated carbocycles. The van der Waals surface area contributed by atoms with Gasteiger partial charge in [-0.2, -0.15) is 26.3 Å². The maximum absolute atomic E-state index is 11.8. The Bertz CT molecular complexity index is 1300. The summed E-state index contributed by atoms with van der Waals surface area (Å²) < 4.78 is 87.5. The Morgan fingerprint density at radius 3 is 1.33 bits per heavy atom. The predicted octanol–water partition coefficient (Wildman–Crippen LogP) is 3.24. The van der Waals surface area contributed by atoms with Crippen LogP contribution in [0.25, 0.3) is 0 Å². The van der Waals surface area contributed by atoms with E-state index in [-0.39, 0.29) is 34.0 Å². The van der Waals surface area contributed by atoms with Gasteiger partial charge in [0.1, 0.15) is 5.15 Å². The number of nitrogens with zero attached hydrogens (tertiary/aromatic N) is 6. The van der Waals surface area contributed by atoms with Gasteiger partial charge in [0.15, 0.2) is 30.3 Å². The van der Waals surface area contributed by atoms with Gasteiger partial charge >= 0.3 is 30.3 Å². The molecular weight excluding hydrogens is 614 g/mol. The number of carbonyl (C=O) groups is 3. The molecule has 0 radical (unpaired) electrons. The van der Waals surface area contributed by atoms with Crippen molar-refractivity contribution in [3.8, 4) is 11.8 Å². The molecule has 0 aromatic carbocycles. The van der Waals surface area contributed by atoms with Gasteiger partial charge in [0.25, 0.3) is 0 Å². The van der Waals surface area contributed by atoms with Crippen LogP contribution in [0.1, 0.15) is 31.5 Å². The lowest BCUT2D eigenvalue weighted by Gasteiger charge is -2.07. The van der Waals surface area contributed by atoms with E-state index >= 15 is 0 Å². The van der Waals surface area contributed by atoms with Crippen molar-refractivity contribution < 1.29 is 64.8 Å². The summed E-state index contributed by atoms with van der Waals surface area (Å²) >= 11 is 5.43. The molecule has 0 atom stereocenters. The number of carbonyl (C=O) groups excluding carboxylic acids is 2. The van der Waals surface area contributed by atoms with Crippen LogP contribution in [-0.4, -0.2) is 92.7 Å². The van der Waals surface area contributed by atoms with Crippen molar-refractivity contribution >= 4 is 29.5 Å². The van der Waals surface area contributed by atoms with Crippen molar-refractivity contribution in [3.63, 3.8) is 0 Å². The number of halogens is 7. The first-order valence-electron chi connectivity index (χ1n) is 10.4. The molecule has 14 nitrogen and oxygen atoms in total. The monoisotopic (exact) mass is 630 g/mol. The van der Waals surface area contributed by atoms with E-state index in [1.165, 1.54) is 19.5 Å². The van der Waals surface area contributed by atoms with Gasteiger partial charge in [0.05, 0.1) is 51.4 Å². The van der Waals surface area contributed by atoms with Crippen molar-refractivity contribution in [3.05, 3.63) is 59.4 Å². The smallest absolute Gasteiger partial charge is 0.422 e. The second-order valence-corrected chi connectivity index (χ2v) is 7.19. The quantitative estimate of drug-likeness (QED) is 0.296. The first kappa shape index (κ1) is 35.1. The van der Waals surface area contributed by atoms with E-state index in [9.17, 15) is 40.7 Å². The Morgan fingerprint density at radius 1 is 0.667 bits per heavy atom. The van der Waals surface area contributed by atoms with Crippen molar-refractivity contribution in [1.29, 1.82) is 0 Å². The highest BCUT2D eigenvalue weighted by atomic mass is 35.5. The maximum Gasteiger partial charge on any atom is 0.422 e. The van der Waals surface area contributed by atoms with E-state index in [2.05, 4.69) is 48.9 Å². The molecular formula is C21H17ClF6N6O8. The van der Waals surface area contributed by atoms with Crippen LogP contribution in [0.3, 0.4) is 0 Å². The molecule has 3 rings (SSSR count). The Morgan fingerprint density at radius 2 is 1.05 bits per heavy atom. The fourth-order valence-corrected chi connectivity index (χ4v) is 2.03. The molecule has 0 saturated heterocycles. The molecule has 0 aliphatic carbocycles. The predicted molar refractivity (Wildman–Crippen MR) is 124 cm³/mol. The number of alkyl halides is 6. The molecule has 0 spiro atoms. The van der Waals surface area contributed by atoms with Crippen LogP contribution in [0.5, 0.6) is 11.8 Å². The number of ether oxygens (including phenoxy) is 4. The van der Waals surface area contributed by atoms with Gasteiger partial charge in [0.2, 0.25) is 11.8 Å². The fourth-order valence-electron chi connectivity index (χ4n) is 1.94. The summed E-state index contributed by atoms with van der Waals surface area (Å²) in [4.78, 5) is 52.9. The molecule has 0 aliphatic rings. The fraction of sp³-hybridized carbons (Fsp3) is 0.286. The molecule has 3 aromatic rings. The molecule has 0 unspecified atom stereocenters. The minimum Gasteiger partial charge on any atom is -0.476 e. The molecule has 42 heavy (non-hydrogen) atoms. The molecule has 21 heteroatoms. The summed E-state index contributed by atoms with van der Waals surface area (Å²) in [5.74, 6) is -3.25. The highest BCUT2D eigenvalue weighted by Gasteiger charge is 2.29. The largest absolute Gasteiger partial charge is 0.476 e. The SMILES string of the molecule is COC(=O)c1cnc(Cl)cn1.COC(=O)c1cnc(OCC(F)(F)F)cn1.O=C(O)c1cnc(OCC(F)(F)F)cn1. The number of methoxy groups -OCH3 is 2. The summed E-state index contributed by atoms with van der Waals surface area (Å²) in [6.45, 7) is -2.95. The lowest BCUT2D eigenvalue weighted by molar-refractivity contribution is -0.154. The average Bonchev–Trinajstić information content (AvgIpc) is 2.95. The molecule has 228 valence electrons. The van der Waals surface area contributed by atoms with Crippen molar-refractivity contribution in [2.75, 3.05) is 27.4 Å². The van der Waals surface area contributed by atoms with E-state index in [0.717, 1.165) is 31.9 Å². The van der Waals surface area contributed by atoms with Crippen LogP contribution in [0.2, 0.25) is 5.15 Å². The first-order chi connectivity index (χ1) is 19.5. The molecule has 0 aliphatic heterocycles. The first-order valence-corrected chi connectivity index (χ1v) is 10.8. The van der Waals surface area contributed by atoms with E-state index in [1.54, 1.807) is 0 Å². The van der Waals surface area contributed by atoms with Crippen LogP contribution in [0.15, 0.2) is 37.2 Å². The number of hydrogen-bond donors (Lipinski definition) is 1. The molecule has 3 heterocycles. The van der Waals surface area contributed by atoms with Crippen LogP contribution < -0.4 is 9.47 Å². The number of esters is 2. The van der Waals surface area contributed by atoms with Crippen LogP contribution in [-0.2, 0) is 9.47 Å². The zero-order valence-corrected chi connectivity index (χ0v) is 21.8. The van der Waals surface area contributed by atoms with Gasteiger partial charge < -0.3 is 24.1 Å². The normalized spacial score (nSPS) is 10.6. The van der Waals surface area contributed by atoms with Gasteiger partial charge in [-0.1, -0.05) is 11.6 Å². The van der Waals surface area contributed by atoms with Crippen LogP contribution >= 0.6 is 11.6 Å². The molecule has 0 bridgehead atoms. The zero-order chi connectivity index (χ0) is 31.9. The third kappa shape index (κ3) is 14.5. The minimum absolute atomic E-state index is 0.109. The molecule has 0 amide bonds. The lowest BCUT2D eigenvalue weighted by Crippen LogP contribution is -2.19. The number of carboxylic acids is 1. The second-order valence-electron chi connectivity index (χ2n) is 6.80. The van der Waals surface area contributed by atoms with Gasteiger partial charge in [0, 0.05) is 0 Å². The van der Waals surface area contributed by atoms with E-state index in [1.807, 2.05) is 0 Å². The zero-order valence-electron chi connectivity index (χ0n) is 21.0. The molecule has 1 N–H and O–H groups in total. The third-order valence-corrected chi connectivity index (χ3v) is 3.85. The summed E-state index contributed by atoms with van der Waals surface area (Å²) in [5, 5.41) is 8.66. The summed E-state index contributed by atoms with van der Waals surface area (Å²) in [5.41, 5.74) is -0.326. The Kier molecular flexibility index (Phi) is 13.7. The van der Waals surface area contributed by atoms with Crippen molar-refractivity contribution in [2.45, 2.75) is 12.4 Å². The lowest BCUT2D eigenvalue weighted by atomic mass is 10.4. The maximum atomic E-state index is 11.8. The number of aromatic nitrogens is 6. The Balaban J connectivity index is 0.000000320. The molecule has 0 fully saturated rings. The summed E-state index contributed by atoms with van der Waals surface area (Å²) in [6.07, 6.45) is -2.85. The molecule has 3 aromatic heterocycles. The van der Waals surface area contributed by atoms with Gasteiger partial charge in [-0.25, -0.2) is 44.3 Å². The Labute approximate surface area is 235 Å². The average molecular weight is 631 g/mol.